The molecule has 11 nitrogen and oxygen atoms in total. The first-order chi connectivity index (χ1) is 20.7. The monoisotopic (exact) mass is 580 g/mol. The summed E-state index contributed by atoms with van der Waals surface area (Å²) in [5.41, 5.74) is 4.16. The largest absolute Gasteiger partial charge is 0.444 e. The van der Waals surface area contributed by atoms with Crippen molar-refractivity contribution in [2.24, 2.45) is 0 Å². The summed E-state index contributed by atoms with van der Waals surface area (Å²) in [6.07, 6.45) is 8.68. The van der Waals surface area contributed by atoms with E-state index in [9.17, 15) is 9.59 Å². The number of nitrogens with zero attached hydrogens (tertiary/aromatic N) is 7. The van der Waals surface area contributed by atoms with E-state index in [0.29, 0.717) is 24.6 Å². The Hall–Kier alpha value is -4.80. The summed E-state index contributed by atoms with van der Waals surface area (Å²) >= 11 is 0. The molecule has 2 fully saturated rings. The number of fused-ring (bicyclic) bond motifs is 2. The van der Waals surface area contributed by atoms with E-state index in [0.717, 1.165) is 47.6 Å². The number of benzene rings is 1. The Morgan fingerprint density at radius 3 is 2.42 bits per heavy atom. The third kappa shape index (κ3) is 6.06. The van der Waals surface area contributed by atoms with Crippen LogP contribution < -0.4 is 5.32 Å². The van der Waals surface area contributed by atoms with Gasteiger partial charge in [0.05, 0.1) is 17.8 Å². The quantitative estimate of drug-likeness (QED) is 0.323. The lowest BCUT2D eigenvalue weighted by molar-refractivity contribution is -0.00335. The first kappa shape index (κ1) is 28.3. The number of hydrogen-bond acceptors (Lipinski definition) is 8. The highest BCUT2D eigenvalue weighted by molar-refractivity contribution is 5.95. The molecule has 2 amide bonds. The number of hydrogen-bond donors (Lipinski definition) is 1. The lowest BCUT2D eigenvalue weighted by Gasteiger charge is -2.41. The number of aromatic nitrogens is 5. The van der Waals surface area contributed by atoms with E-state index in [1.165, 1.54) is 0 Å². The fourth-order valence-corrected chi connectivity index (χ4v) is 5.75. The van der Waals surface area contributed by atoms with Crippen molar-refractivity contribution in [3.63, 3.8) is 0 Å². The molecule has 1 N–H and O–H groups in total. The Morgan fingerprint density at radius 1 is 1.02 bits per heavy atom. The van der Waals surface area contributed by atoms with E-state index >= 15 is 0 Å². The Bertz CT molecular complexity index is 1600. The Morgan fingerprint density at radius 2 is 1.77 bits per heavy atom. The summed E-state index contributed by atoms with van der Waals surface area (Å²) in [5.74, 6) is 0.397. The summed E-state index contributed by atoms with van der Waals surface area (Å²) in [6.45, 7) is 9.39. The van der Waals surface area contributed by atoms with Gasteiger partial charge in [-0.1, -0.05) is 0 Å². The summed E-state index contributed by atoms with van der Waals surface area (Å²) in [6, 6.07) is 13.0. The minimum absolute atomic E-state index is 0.0222. The molecule has 0 aliphatic carbocycles. The van der Waals surface area contributed by atoms with Gasteiger partial charge in [-0.15, -0.1) is 0 Å². The third-order valence-electron chi connectivity index (χ3n) is 7.71. The second-order valence-corrected chi connectivity index (χ2v) is 11.9. The smallest absolute Gasteiger partial charge is 0.410 e. The van der Waals surface area contributed by atoms with Crippen LogP contribution in [-0.4, -0.2) is 77.3 Å². The van der Waals surface area contributed by atoms with Crippen LogP contribution in [0.4, 0.5) is 16.4 Å². The van der Waals surface area contributed by atoms with E-state index in [1.807, 2.05) is 90.8 Å². The third-order valence-corrected chi connectivity index (χ3v) is 7.71. The number of amides is 2. The molecule has 0 spiro atoms. The van der Waals surface area contributed by atoms with Crippen molar-refractivity contribution in [3.05, 3.63) is 72.8 Å². The molecule has 2 unspecified atom stereocenters. The average Bonchev–Trinajstić information content (AvgIpc) is 3.55. The Labute approximate surface area is 250 Å². The normalized spacial score (nSPS) is 18.0. The predicted molar refractivity (Wildman–Crippen MR) is 163 cm³/mol. The number of aryl methyl sites for hydroxylation is 1. The molecule has 0 saturated carbocycles. The van der Waals surface area contributed by atoms with Gasteiger partial charge in [0.15, 0.2) is 0 Å². The fraction of sp³-hybridized carbons (Fsp3) is 0.375. The van der Waals surface area contributed by atoms with Crippen LogP contribution in [0.15, 0.2) is 67.3 Å². The van der Waals surface area contributed by atoms with Gasteiger partial charge in [0, 0.05) is 66.8 Å². The molecule has 43 heavy (non-hydrogen) atoms. The number of piperazine rings is 1. The predicted octanol–water partition coefficient (Wildman–Crippen LogP) is 5.39. The van der Waals surface area contributed by atoms with E-state index in [4.69, 9.17) is 14.8 Å². The summed E-state index contributed by atoms with van der Waals surface area (Å²) in [4.78, 5) is 43.3. The van der Waals surface area contributed by atoms with Crippen LogP contribution in [0.3, 0.4) is 0 Å². The van der Waals surface area contributed by atoms with Crippen molar-refractivity contribution < 1.29 is 14.3 Å². The molecule has 6 rings (SSSR count). The Balaban J connectivity index is 1.13. The number of rotatable bonds is 6. The van der Waals surface area contributed by atoms with E-state index < -0.39 is 5.60 Å². The second-order valence-electron chi connectivity index (χ2n) is 11.9. The highest BCUT2D eigenvalue weighted by Gasteiger charge is 2.45. The topological polar surface area (TPSA) is 118 Å². The molecule has 222 valence electrons. The number of nitrogens with one attached hydrogen (secondary N) is 1. The van der Waals surface area contributed by atoms with Crippen molar-refractivity contribution in [1.29, 1.82) is 0 Å². The molecule has 2 aliphatic rings. The SMILES string of the molecule is CCn1cc(-c2ccnc(Nc3ccc(C(=O)N4CC5CCC(C4)N5C(=O)OC(C)(C)C)cc3)n2)c(-c2cccnc2)n1. The molecule has 2 bridgehead atoms. The molecule has 2 atom stereocenters. The van der Waals surface area contributed by atoms with Gasteiger partial charge >= 0.3 is 6.09 Å². The van der Waals surface area contributed by atoms with Crippen molar-refractivity contribution in [2.75, 3.05) is 18.4 Å². The first-order valence-electron chi connectivity index (χ1n) is 14.7. The molecule has 2 saturated heterocycles. The average molecular weight is 581 g/mol. The van der Waals surface area contributed by atoms with Gasteiger partial charge in [-0.2, -0.15) is 5.10 Å². The zero-order valence-electron chi connectivity index (χ0n) is 24.9. The van der Waals surface area contributed by atoms with Crippen LogP contribution in [0.2, 0.25) is 0 Å². The summed E-state index contributed by atoms with van der Waals surface area (Å²) in [7, 11) is 0. The van der Waals surface area contributed by atoms with Crippen molar-refractivity contribution >= 4 is 23.6 Å². The summed E-state index contributed by atoms with van der Waals surface area (Å²) in [5, 5.41) is 7.98. The zero-order valence-corrected chi connectivity index (χ0v) is 24.9. The number of anilines is 2. The fourth-order valence-electron chi connectivity index (χ4n) is 5.75. The van der Waals surface area contributed by atoms with Gasteiger partial charge in [-0.3, -0.25) is 19.4 Å². The molecule has 2 aliphatic heterocycles. The zero-order chi connectivity index (χ0) is 30.1. The molecule has 4 aromatic rings. The van der Waals surface area contributed by atoms with Crippen LogP contribution in [0.1, 0.15) is 50.9 Å². The number of likely N-dealkylation sites (tertiary alicyclic amines) is 1. The van der Waals surface area contributed by atoms with Gasteiger partial charge in [0.1, 0.15) is 11.3 Å². The molecule has 3 aromatic heterocycles. The molecular formula is C32H36N8O3. The maximum atomic E-state index is 13.4. The van der Waals surface area contributed by atoms with E-state index in [2.05, 4.69) is 15.3 Å². The van der Waals surface area contributed by atoms with E-state index in [1.54, 1.807) is 18.6 Å². The lowest BCUT2D eigenvalue weighted by Crippen LogP contribution is -2.57. The van der Waals surface area contributed by atoms with Gasteiger partial charge < -0.3 is 15.0 Å². The minimum atomic E-state index is -0.549. The van der Waals surface area contributed by atoms with Crippen molar-refractivity contribution in [3.8, 4) is 22.5 Å². The minimum Gasteiger partial charge on any atom is -0.444 e. The molecule has 0 radical (unpaired) electrons. The van der Waals surface area contributed by atoms with Gasteiger partial charge in [0.2, 0.25) is 5.95 Å². The van der Waals surface area contributed by atoms with Crippen molar-refractivity contribution in [2.45, 2.75) is 64.8 Å². The van der Waals surface area contributed by atoms with Crippen LogP contribution >= 0.6 is 0 Å². The number of pyridine rings is 1. The van der Waals surface area contributed by atoms with Crippen LogP contribution in [0.5, 0.6) is 0 Å². The standard InChI is InChI=1S/C32H36N8O3/c1-5-39-20-26(28(37-39)22-7-6-15-33-17-22)27-14-16-34-30(36-27)35-23-10-8-21(9-11-23)29(41)38-18-24-12-13-25(19-38)40(24)31(42)43-32(2,3)4/h6-11,14-17,20,24-25H,5,12-13,18-19H2,1-4H3,(H,34,35,36). The maximum Gasteiger partial charge on any atom is 0.410 e. The number of carbonyl (C=O) groups is 2. The highest BCUT2D eigenvalue weighted by atomic mass is 16.6. The number of carbonyl (C=O) groups excluding carboxylic acids is 2. The lowest BCUT2D eigenvalue weighted by atomic mass is 10.1. The number of ether oxygens (including phenoxy) is 1. The highest BCUT2D eigenvalue weighted by Crippen LogP contribution is 2.33. The van der Waals surface area contributed by atoms with E-state index in [-0.39, 0.29) is 24.1 Å². The Kier molecular flexibility index (Phi) is 7.55. The van der Waals surface area contributed by atoms with Crippen LogP contribution in [-0.2, 0) is 11.3 Å². The van der Waals surface area contributed by atoms with Crippen molar-refractivity contribution in [1.82, 2.24) is 34.5 Å². The molecular weight excluding hydrogens is 544 g/mol. The first-order valence-corrected chi connectivity index (χ1v) is 14.7. The van der Waals surface area contributed by atoms with Crippen LogP contribution in [0.25, 0.3) is 22.5 Å². The van der Waals surface area contributed by atoms with Gasteiger partial charge in [-0.05, 0) is 83.0 Å². The van der Waals surface area contributed by atoms with Gasteiger partial charge in [0.25, 0.3) is 5.91 Å². The maximum absolute atomic E-state index is 13.4. The van der Waals surface area contributed by atoms with Gasteiger partial charge in [-0.25, -0.2) is 14.8 Å². The second kappa shape index (κ2) is 11.5. The molecule has 1 aromatic carbocycles. The summed E-state index contributed by atoms with van der Waals surface area (Å²) < 4.78 is 7.51. The molecule has 11 heteroatoms. The molecule has 5 heterocycles. The van der Waals surface area contributed by atoms with Crippen LogP contribution in [0, 0.1) is 0 Å².